The van der Waals surface area contributed by atoms with Crippen molar-refractivity contribution in [2.24, 2.45) is 5.73 Å². The summed E-state index contributed by atoms with van der Waals surface area (Å²) in [7, 11) is 1.56. The zero-order valence-electron chi connectivity index (χ0n) is 23.4. The van der Waals surface area contributed by atoms with Crippen LogP contribution in [0, 0.1) is 0 Å². The highest BCUT2D eigenvalue weighted by Gasteiger charge is 2.34. The van der Waals surface area contributed by atoms with E-state index >= 15 is 0 Å². The van der Waals surface area contributed by atoms with Crippen LogP contribution in [0.15, 0.2) is 30.3 Å². The predicted molar refractivity (Wildman–Crippen MR) is 149 cm³/mol. The normalized spacial score (nSPS) is 19.7. The number of anilines is 2. The van der Waals surface area contributed by atoms with Gasteiger partial charge in [-0.1, -0.05) is 12.1 Å². The fourth-order valence-corrected chi connectivity index (χ4v) is 5.34. The highest BCUT2D eigenvalue weighted by Crippen LogP contribution is 2.31. The minimum atomic E-state index is -2.83. The lowest BCUT2D eigenvalue weighted by Gasteiger charge is -2.45. The van der Waals surface area contributed by atoms with E-state index in [1.54, 1.807) is 36.2 Å². The Morgan fingerprint density at radius 1 is 1.07 bits per heavy atom. The van der Waals surface area contributed by atoms with E-state index < -0.39 is 12.2 Å². The van der Waals surface area contributed by atoms with Crippen LogP contribution in [0.1, 0.15) is 26.1 Å². The highest BCUT2D eigenvalue weighted by atomic mass is 19.3. The number of benzene rings is 1. The van der Waals surface area contributed by atoms with Crippen LogP contribution in [0.3, 0.4) is 0 Å². The number of fused-ring (bicyclic) bond motifs is 1. The third-order valence-electron chi connectivity index (χ3n) is 7.58. The summed E-state index contributed by atoms with van der Waals surface area (Å²) >= 11 is 0. The van der Waals surface area contributed by atoms with Gasteiger partial charge < -0.3 is 30.1 Å². The van der Waals surface area contributed by atoms with E-state index in [1.165, 1.54) is 9.47 Å². The quantitative estimate of drug-likeness (QED) is 0.448. The molecule has 0 spiro atoms. The van der Waals surface area contributed by atoms with Gasteiger partial charge in [0.15, 0.2) is 5.82 Å². The highest BCUT2D eigenvalue weighted by molar-refractivity contribution is 5.86. The number of nitrogens with zero attached hydrogens (tertiary/aromatic N) is 8. The van der Waals surface area contributed by atoms with Crippen LogP contribution in [-0.2, 0) is 14.3 Å². The van der Waals surface area contributed by atoms with Crippen LogP contribution in [0.25, 0.3) is 17.0 Å². The monoisotopic (exact) mass is 571 g/mol. The van der Waals surface area contributed by atoms with Gasteiger partial charge in [-0.2, -0.15) is 9.97 Å². The number of aromatic nitrogens is 4. The fourth-order valence-electron chi connectivity index (χ4n) is 5.34. The number of ether oxygens (including phenoxy) is 1. The molecule has 0 saturated carbocycles. The third kappa shape index (κ3) is 5.79. The summed E-state index contributed by atoms with van der Waals surface area (Å²) < 4.78 is 35.3. The molecule has 220 valence electrons. The molecule has 2 aliphatic heterocycles. The van der Waals surface area contributed by atoms with Gasteiger partial charge in [0.1, 0.15) is 11.6 Å². The lowest BCUT2D eigenvalue weighted by atomic mass is 10.1. The number of carbonyl (C=O) groups is 2. The number of likely N-dealkylation sites (N-methyl/N-ethyl adjacent to an activating group) is 1. The molecule has 2 N–H and O–H groups in total. The number of imidazole rings is 1. The first-order valence-electron chi connectivity index (χ1n) is 13.7. The minimum absolute atomic E-state index is 0.0595. The maximum atomic E-state index is 14.2. The van der Waals surface area contributed by atoms with Gasteiger partial charge >= 0.3 is 0 Å². The molecule has 14 heteroatoms. The van der Waals surface area contributed by atoms with Crippen molar-refractivity contribution in [1.82, 2.24) is 29.3 Å². The van der Waals surface area contributed by atoms with Crippen LogP contribution < -0.4 is 15.5 Å². The van der Waals surface area contributed by atoms with Crippen LogP contribution in [0.5, 0.6) is 0 Å². The second-order valence-electron chi connectivity index (χ2n) is 10.4. The van der Waals surface area contributed by atoms with E-state index in [0.29, 0.717) is 62.1 Å². The Balaban J connectivity index is 1.51. The summed E-state index contributed by atoms with van der Waals surface area (Å²) in [5.41, 5.74) is 6.35. The van der Waals surface area contributed by atoms with Crippen molar-refractivity contribution in [2.45, 2.75) is 32.4 Å². The molecule has 2 aliphatic rings. The van der Waals surface area contributed by atoms with Crippen LogP contribution in [0.2, 0.25) is 0 Å². The number of nitrogens with two attached hydrogens (primary N) is 1. The molecular weight excluding hydrogens is 536 g/mol. The van der Waals surface area contributed by atoms with Crippen molar-refractivity contribution >= 4 is 34.5 Å². The maximum absolute atomic E-state index is 14.2. The Labute approximate surface area is 236 Å². The molecule has 2 amide bonds. The smallest absolute Gasteiger partial charge is 0.296 e. The number of piperazine rings is 1. The van der Waals surface area contributed by atoms with Gasteiger partial charge in [0, 0.05) is 51.4 Å². The summed E-state index contributed by atoms with van der Waals surface area (Å²) in [6.45, 7) is 6.80. The summed E-state index contributed by atoms with van der Waals surface area (Å²) in [5, 5.41) is 0. The summed E-state index contributed by atoms with van der Waals surface area (Å²) in [4.78, 5) is 45.9. The molecule has 12 nitrogen and oxygen atoms in total. The molecule has 0 bridgehead atoms. The standard InChI is InChI=1S/C27H35F2N9O3/c1-17-15-37(24(40)16-34(3)23(39)13-30)18(2)14-36(17)22-12-21(35-8-10-41-11-9-35)32-27(33-22)38-20-7-5-4-6-19(20)31-26(38)25(28)29/h4-7,12,17-18,25H,8-11,13-16,30H2,1-3H3/t17-,18+/m1/s1. The fraction of sp³-hybridized carbons (Fsp3) is 0.519. The van der Waals surface area contributed by atoms with Crippen molar-refractivity contribution < 1.29 is 23.1 Å². The van der Waals surface area contributed by atoms with Gasteiger partial charge in [-0.3, -0.25) is 14.2 Å². The second-order valence-corrected chi connectivity index (χ2v) is 10.4. The molecule has 1 aromatic carbocycles. The molecule has 2 fully saturated rings. The molecule has 3 aromatic rings. The Hall–Kier alpha value is -3.91. The predicted octanol–water partition coefficient (Wildman–Crippen LogP) is 1.43. The number of hydrogen-bond donors (Lipinski definition) is 1. The van der Waals surface area contributed by atoms with Gasteiger partial charge in [0.2, 0.25) is 17.8 Å². The first-order valence-corrected chi connectivity index (χ1v) is 13.7. The molecule has 2 aromatic heterocycles. The van der Waals surface area contributed by atoms with E-state index in [2.05, 4.69) is 14.8 Å². The molecule has 2 atom stereocenters. The lowest BCUT2D eigenvalue weighted by molar-refractivity contribution is -0.140. The molecule has 0 unspecified atom stereocenters. The lowest BCUT2D eigenvalue weighted by Crippen LogP contribution is -2.60. The van der Waals surface area contributed by atoms with Gasteiger partial charge in [0.25, 0.3) is 6.43 Å². The van der Waals surface area contributed by atoms with Crippen LogP contribution in [0.4, 0.5) is 20.4 Å². The van der Waals surface area contributed by atoms with Gasteiger partial charge in [0.05, 0.1) is 37.3 Å². The largest absolute Gasteiger partial charge is 0.378 e. The number of hydrogen-bond acceptors (Lipinski definition) is 9. The van der Waals surface area contributed by atoms with Crippen molar-refractivity contribution in [3.05, 3.63) is 36.2 Å². The number of morpholine rings is 1. The Morgan fingerprint density at radius 2 is 1.78 bits per heavy atom. The maximum Gasteiger partial charge on any atom is 0.296 e. The summed E-state index contributed by atoms with van der Waals surface area (Å²) in [5.74, 6) is 0.370. The van der Waals surface area contributed by atoms with Crippen LogP contribution >= 0.6 is 0 Å². The SMILES string of the molecule is C[C@@H]1CN(C(=O)CN(C)C(=O)CN)[C@@H](C)CN1c1cc(N2CCOCC2)nc(-n2c(C(F)F)nc3ccccc32)n1. The van der Waals surface area contributed by atoms with Gasteiger partial charge in [-0.05, 0) is 26.0 Å². The van der Waals surface area contributed by atoms with Crippen molar-refractivity contribution in [3.8, 4) is 5.95 Å². The Kier molecular flexibility index (Phi) is 8.31. The third-order valence-corrected chi connectivity index (χ3v) is 7.58. The minimum Gasteiger partial charge on any atom is -0.378 e. The van der Waals surface area contributed by atoms with E-state index in [4.69, 9.17) is 20.4 Å². The molecular formula is C27H35F2N9O3. The first kappa shape index (κ1) is 28.6. The van der Waals surface area contributed by atoms with E-state index in [1.807, 2.05) is 19.9 Å². The number of carbonyl (C=O) groups excluding carboxylic acids is 2. The Bertz CT molecular complexity index is 1410. The van der Waals surface area contributed by atoms with Crippen molar-refractivity contribution in [2.75, 3.05) is 69.3 Å². The van der Waals surface area contributed by atoms with E-state index in [9.17, 15) is 18.4 Å². The summed E-state index contributed by atoms with van der Waals surface area (Å²) in [6, 6.07) is 8.43. The molecule has 2 saturated heterocycles. The van der Waals surface area contributed by atoms with Crippen molar-refractivity contribution in [1.29, 1.82) is 0 Å². The van der Waals surface area contributed by atoms with Crippen molar-refractivity contribution in [3.63, 3.8) is 0 Å². The number of para-hydroxylation sites is 2. The van der Waals surface area contributed by atoms with Gasteiger partial charge in [-0.15, -0.1) is 0 Å². The van der Waals surface area contributed by atoms with Crippen LogP contribution in [-0.4, -0.2) is 113 Å². The molecule has 41 heavy (non-hydrogen) atoms. The summed E-state index contributed by atoms with van der Waals surface area (Å²) in [6.07, 6.45) is -2.83. The first-order chi connectivity index (χ1) is 19.7. The van der Waals surface area contributed by atoms with E-state index in [0.717, 1.165) is 0 Å². The zero-order valence-corrected chi connectivity index (χ0v) is 23.4. The zero-order chi connectivity index (χ0) is 29.3. The molecule has 4 heterocycles. The second kappa shape index (κ2) is 11.9. The molecule has 0 radical (unpaired) electrons. The molecule has 0 aliphatic carbocycles. The van der Waals surface area contributed by atoms with Gasteiger partial charge in [-0.25, -0.2) is 13.8 Å². The number of rotatable bonds is 7. The number of alkyl halides is 2. The number of halogens is 2. The van der Waals surface area contributed by atoms with E-state index in [-0.39, 0.29) is 42.9 Å². The Morgan fingerprint density at radius 3 is 2.49 bits per heavy atom. The number of amides is 2. The average Bonchev–Trinajstić information content (AvgIpc) is 3.38. The molecule has 5 rings (SSSR count). The topological polar surface area (TPSA) is 126 Å². The average molecular weight is 572 g/mol.